The SMILES string of the molecule is O=S(=O)(NCC(CO)Cc1ccccc1F)c1ccc2ncccc2c1. The van der Waals surface area contributed by atoms with Crippen LogP contribution in [0.2, 0.25) is 0 Å². The van der Waals surface area contributed by atoms with Gasteiger partial charge >= 0.3 is 0 Å². The van der Waals surface area contributed by atoms with Crippen molar-refractivity contribution in [3.8, 4) is 0 Å². The summed E-state index contributed by atoms with van der Waals surface area (Å²) in [5.41, 5.74) is 1.15. The second kappa shape index (κ2) is 7.90. The minimum atomic E-state index is -3.74. The molecule has 7 heteroatoms. The smallest absolute Gasteiger partial charge is 0.240 e. The summed E-state index contributed by atoms with van der Waals surface area (Å²) in [7, 11) is -3.74. The molecule has 136 valence electrons. The summed E-state index contributed by atoms with van der Waals surface area (Å²) in [5.74, 6) is -0.792. The molecule has 1 aromatic heterocycles. The van der Waals surface area contributed by atoms with Crippen molar-refractivity contribution in [1.29, 1.82) is 0 Å². The molecule has 3 rings (SSSR count). The van der Waals surface area contributed by atoms with Gasteiger partial charge in [0.15, 0.2) is 0 Å². The van der Waals surface area contributed by atoms with Gasteiger partial charge in [-0.05, 0) is 48.2 Å². The summed E-state index contributed by atoms with van der Waals surface area (Å²) in [5, 5.41) is 10.2. The predicted octanol–water partition coefficient (Wildman–Crippen LogP) is 2.50. The Hall–Kier alpha value is -2.35. The fourth-order valence-corrected chi connectivity index (χ4v) is 3.86. The van der Waals surface area contributed by atoms with Gasteiger partial charge in [0.2, 0.25) is 10.0 Å². The summed E-state index contributed by atoms with van der Waals surface area (Å²) in [4.78, 5) is 4.29. The maximum Gasteiger partial charge on any atom is 0.240 e. The van der Waals surface area contributed by atoms with Gasteiger partial charge in [-0.25, -0.2) is 17.5 Å². The normalized spacial score (nSPS) is 13.0. The fourth-order valence-electron chi connectivity index (χ4n) is 2.71. The molecule has 26 heavy (non-hydrogen) atoms. The zero-order valence-electron chi connectivity index (χ0n) is 14.0. The third-order valence-corrected chi connectivity index (χ3v) is 5.59. The van der Waals surface area contributed by atoms with Crippen molar-refractivity contribution in [2.45, 2.75) is 11.3 Å². The number of benzene rings is 2. The lowest BCUT2D eigenvalue weighted by molar-refractivity contribution is 0.226. The summed E-state index contributed by atoms with van der Waals surface area (Å²) < 4.78 is 41.3. The van der Waals surface area contributed by atoms with Gasteiger partial charge in [-0.1, -0.05) is 24.3 Å². The maximum atomic E-state index is 13.7. The third-order valence-electron chi connectivity index (χ3n) is 4.17. The second-order valence-corrected chi connectivity index (χ2v) is 7.82. The Morgan fingerprint density at radius 1 is 1.12 bits per heavy atom. The highest BCUT2D eigenvalue weighted by molar-refractivity contribution is 7.89. The largest absolute Gasteiger partial charge is 0.396 e. The summed E-state index contributed by atoms with van der Waals surface area (Å²) in [6, 6.07) is 14.5. The molecule has 0 bridgehead atoms. The summed E-state index contributed by atoms with van der Waals surface area (Å²) in [6.07, 6.45) is 1.89. The molecule has 0 saturated heterocycles. The van der Waals surface area contributed by atoms with Crippen molar-refractivity contribution in [3.63, 3.8) is 0 Å². The molecule has 3 aromatic rings. The molecule has 0 amide bonds. The van der Waals surface area contributed by atoms with E-state index in [-0.39, 0.29) is 30.3 Å². The van der Waals surface area contributed by atoms with E-state index < -0.39 is 15.9 Å². The Bertz CT molecular complexity index is 1010. The van der Waals surface area contributed by atoms with Crippen LogP contribution in [0.3, 0.4) is 0 Å². The van der Waals surface area contributed by atoms with Gasteiger partial charge in [-0.15, -0.1) is 0 Å². The average molecular weight is 374 g/mol. The minimum Gasteiger partial charge on any atom is -0.396 e. The molecule has 0 aliphatic rings. The molecule has 0 spiro atoms. The van der Waals surface area contributed by atoms with Crippen LogP contribution in [0.4, 0.5) is 4.39 Å². The van der Waals surface area contributed by atoms with Gasteiger partial charge in [-0.2, -0.15) is 0 Å². The third kappa shape index (κ3) is 4.24. The molecule has 2 N–H and O–H groups in total. The lowest BCUT2D eigenvalue weighted by Gasteiger charge is -2.16. The molecule has 0 fully saturated rings. The molecule has 1 heterocycles. The molecule has 1 unspecified atom stereocenters. The van der Waals surface area contributed by atoms with E-state index in [1.54, 1.807) is 48.7 Å². The first-order chi connectivity index (χ1) is 12.5. The number of hydrogen-bond acceptors (Lipinski definition) is 4. The van der Waals surface area contributed by atoms with Crippen LogP contribution in [-0.2, 0) is 16.4 Å². The lowest BCUT2D eigenvalue weighted by Crippen LogP contribution is -2.32. The number of hydrogen-bond donors (Lipinski definition) is 2. The fraction of sp³-hybridized carbons (Fsp3) is 0.211. The number of aliphatic hydroxyl groups is 1. The van der Waals surface area contributed by atoms with Gasteiger partial charge in [-0.3, -0.25) is 4.98 Å². The van der Waals surface area contributed by atoms with E-state index >= 15 is 0 Å². The van der Waals surface area contributed by atoms with Crippen molar-refractivity contribution in [2.24, 2.45) is 5.92 Å². The van der Waals surface area contributed by atoms with Crippen molar-refractivity contribution < 1.29 is 17.9 Å². The molecule has 0 aliphatic carbocycles. The Morgan fingerprint density at radius 2 is 1.92 bits per heavy atom. The van der Waals surface area contributed by atoms with E-state index in [0.29, 0.717) is 11.1 Å². The van der Waals surface area contributed by atoms with Crippen LogP contribution in [0.15, 0.2) is 65.7 Å². The summed E-state index contributed by atoms with van der Waals surface area (Å²) in [6.45, 7) is -0.239. The van der Waals surface area contributed by atoms with E-state index in [9.17, 15) is 17.9 Å². The van der Waals surface area contributed by atoms with Gasteiger partial charge in [0, 0.05) is 24.7 Å². The number of nitrogens with one attached hydrogen (secondary N) is 1. The van der Waals surface area contributed by atoms with Crippen molar-refractivity contribution in [2.75, 3.05) is 13.2 Å². The standard InChI is InChI=1S/C19H19FN2O3S/c20-18-6-2-1-4-15(18)10-14(13-23)12-22-26(24,25)17-7-8-19-16(11-17)5-3-9-21-19/h1-9,11,14,22-23H,10,12-13H2. The minimum absolute atomic E-state index is 0.0121. The molecule has 0 saturated carbocycles. The number of pyridine rings is 1. The van der Waals surface area contributed by atoms with Crippen LogP contribution < -0.4 is 4.72 Å². The zero-order valence-corrected chi connectivity index (χ0v) is 14.8. The van der Waals surface area contributed by atoms with E-state index in [4.69, 9.17) is 0 Å². The average Bonchev–Trinajstić information content (AvgIpc) is 2.66. The van der Waals surface area contributed by atoms with Crippen molar-refractivity contribution >= 4 is 20.9 Å². The number of halogens is 1. The van der Waals surface area contributed by atoms with Crippen molar-refractivity contribution in [1.82, 2.24) is 9.71 Å². The van der Waals surface area contributed by atoms with Crippen LogP contribution in [0.1, 0.15) is 5.56 Å². The van der Waals surface area contributed by atoms with Crippen LogP contribution in [-0.4, -0.2) is 31.7 Å². The van der Waals surface area contributed by atoms with Crippen LogP contribution >= 0.6 is 0 Å². The molecule has 0 aliphatic heterocycles. The number of rotatable bonds is 7. The maximum absolute atomic E-state index is 13.7. The molecule has 1 atom stereocenters. The molecular formula is C19H19FN2O3S. The van der Waals surface area contributed by atoms with Crippen LogP contribution in [0.5, 0.6) is 0 Å². The number of aliphatic hydroxyl groups excluding tert-OH is 1. The van der Waals surface area contributed by atoms with Gasteiger partial charge in [0.25, 0.3) is 0 Å². The molecule has 5 nitrogen and oxygen atoms in total. The van der Waals surface area contributed by atoms with Gasteiger partial charge in [0.05, 0.1) is 10.4 Å². The Balaban J connectivity index is 1.72. The predicted molar refractivity (Wildman–Crippen MR) is 97.6 cm³/mol. The second-order valence-electron chi connectivity index (χ2n) is 6.05. The Kier molecular flexibility index (Phi) is 5.61. The Labute approximate surface area is 151 Å². The molecular weight excluding hydrogens is 355 g/mol. The number of aromatic nitrogens is 1. The first kappa shape index (κ1) is 18.4. The topological polar surface area (TPSA) is 79.3 Å². The van der Waals surface area contributed by atoms with Crippen LogP contribution in [0, 0.1) is 11.7 Å². The molecule has 2 aromatic carbocycles. The first-order valence-electron chi connectivity index (χ1n) is 8.18. The highest BCUT2D eigenvalue weighted by Crippen LogP contribution is 2.18. The summed E-state index contributed by atoms with van der Waals surface area (Å²) >= 11 is 0. The van der Waals surface area contributed by atoms with Crippen LogP contribution in [0.25, 0.3) is 10.9 Å². The zero-order chi connectivity index (χ0) is 18.6. The monoisotopic (exact) mass is 374 g/mol. The van der Waals surface area contributed by atoms with E-state index in [2.05, 4.69) is 9.71 Å². The van der Waals surface area contributed by atoms with E-state index in [1.165, 1.54) is 12.1 Å². The number of sulfonamides is 1. The highest BCUT2D eigenvalue weighted by Gasteiger charge is 2.18. The van der Waals surface area contributed by atoms with Crippen molar-refractivity contribution in [3.05, 3.63) is 72.2 Å². The van der Waals surface area contributed by atoms with E-state index in [1.807, 2.05) is 0 Å². The lowest BCUT2D eigenvalue weighted by atomic mass is 10.00. The quantitative estimate of drug-likeness (QED) is 0.666. The van der Waals surface area contributed by atoms with E-state index in [0.717, 1.165) is 5.39 Å². The molecule has 0 radical (unpaired) electrons. The Morgan fingerprint density at radius 3 is 2.69 bits per heavy atom. The number of fused-ring (bicyclic) bond motifs is 1. The van der Waals surface area contributed by atoms with Gasteiger partial charge < -0.3 is 5.11 Å². The highest BCUT2D eigenvalue weighted by atomic mass is 32.2. The first-order valence-corrected chi connectivity index (χ1v) is 9.66. The van der Waals surface area contributed by atoms with Gasteiger partial charge in [0.1, 0.15) is 5.82 Å². The number of nitrogens with zero attached hydrogens (tertiary/aromatic N) is 1.